The molecule has 0 amide bonds. The topological polar surface area (TPSA) is 41.6 Å². The third kappa shape index (κ3) is 1.60. The van der Waals surface area contributed by atoms with E-state index in [-0.39, 0.29) is 0 Å². The molecule has 0 N–H and O–H groups in total. The second-order valence-electron chi connectivity index (χ2n) is 3.11. The number of imidazole rings is 1. The van der Waals surface area contributed by atoms with Gasteiger partial charge in [0.1, 0.15) is 6.07 Å². The lowest BCUT2D eigenvalue weighted by Gasteiger charge is -2.02. The van der Waals surface area contributed by atoms with Crippen LogP contribution < -0.4 is 0 Å². The SMILES string of the molecule is Cn1c(C#N)nc(Cl)c1-c1ccccc1. The van der Waals surface area contributed by atoms with Gasteiger partial charge in [0.05, 0.1) is 5.69 Å². The van der Waals surface area contributed by atoms with Gasteiger partial charge in [-0.05, 0) is 0 Å². The molecule has 74 valence electrons. The fourth-order valence-corrected chi connectivity index (χ4v) is 1.79. The van der Waals surface area contributed by atoms with Gasteiger partial charge >= 0.3 is 0 Å². The van der Waals surface area contributed by atoms with Crippen LogP contribution in [0.4, 0.5) is 0 Å². The van der Waals surface area contributed by atoms with Crippen LogP contribution in [-0.4, -0.2) is 9.55 Å². The van der Waals surface area contributed by atoms with Crippen molar-refractivity contribution in [1.29, 1.82) is 5.26 Å². The first-order valence-corrected chi connectivity index (χ1v) is 4.79. The van der Waals surface area contributed by atoms with Gasteiger partial charge in [-0.1, -0.05) is 41.9 Å². The highest BCUT2D eigenvalue weighted by molar-refractivity contribution is 6.32. The van der Waals surface area contributed by atoms with Crippen LogP contribution in [0.5, 0.6) is 0 Å². The minimum Gasteiger partial charge on any atom is -0.317 e. The lowest BCUT2D eigenvalue weighted by molar-refractivity contribution is 0.897. The molecule has 0 aliphatic rings. The van der Waals surface area contributed by atoms with Gasteiger partial charge in [-0.15, -0.1) is 0 Å². The molecule has 0 atom stereocenters. The second kappa shape index (κ2) is 3.76. The number of rotatable bonds is 1. The maximum Gasteiger partial charge on any atom is 0.214 e. The zero-order valence-electron chi connectivity index (χ0n) is 8.11. The Morgan fingerprint density at radius 2 is 2.00 bits per heavy atom. The zero-order chi connectivity index (χ0) is 10.8. The molecule has 2 rings (SSSR count). The molecular weight excluding hydrogens is 210 g/mol. The second-order valence-corrected chi connectivity index (χ2v) is 3.47. The highest BCUT2D eigenvalue weighted by Crippen LogP contribution is 2.27. The number of halogens is 1. The molecule has 0 aliphatic carbocycles. The average molecular weight is 218 g/mol. The van der Waals surface area contributed by atoms with Crippen molar-refractivity contribution >= 4 is 11.6 Å². The van der Waals surface area contributed by atoms with Gasteiger partial charge in [-0.25, -0.2) is 4.98 Å². The summed E-state index contributed by atoms with van der Waals surface area (Å²) >= 11 is 5.98. The summed E-state index contributed by atoms with van der Waals surface area (Å²) in [5.41, 5.74) is 1.73. The molecule has 0 unspecified atom stereocenters. The summed E-state index contributed by atoms with van der Waals surface area (Å²) in [6.07, 6.45) is 0. The maximum atomic E-state index is 8.81. The van der Waals surface area contributed by atoms with Crippen LogP contribution in [0, 0.1) is 11.3 Å². The Morgan fingerprint density at radius 1 is 1.33 bits per heavy atom. The first kappa shape index (κ1) is 9.75. The lowest BCUT2D eigenvalue weighted by atomic mass is 10.2. The average Bonchev–Trinajstić information content (AvgIpc) is 2.55. The van der Waals surface area contributed by atoms with Crippen LogP contribution in [-0.2, 0) is 7.05 Å². The number of hydrogen-bond donors (Lipinski definition) is 0. The molecule has 0 aliphatic heterocycles. The van der Waals surface area contributed by atoms with Crippen molar-refractivity contribution in [2.45, 2.75) is 0 Å². The number of hydrogen-bond acceptors (Lipinski definition) is 2. The predicted octanol–water partition coefficient (Wildman–Crippen LogP) is 2.61. The van der Waals surface area contributed by atoms with Gasteiger partial charge < -0.3 is 4.57 Å². The molecule has 2 aromatic rings. The minimum absolute atomic E-state index is 0.318. The highest BCUT2D eigenvalue weighted by atomic mass is 35.5. The van der Waals surface area contributed by atoms with Crippen LogP contribution in [0.1, 0.15) is 5.82 Å². The Balaban J connectivity index is 2.65. The highest BCUT2D eigenvalue weighted by Gasteiger charge is 2.13. The number of nitriles is 1. The van der Waals surface area contributed by atoms with Crippen molar-refractivity contribution in [2.24, 2.45) is 7.05 Å². The van der Waals surface area contributed by atoms with Crippen LogP contribution in [0.25, 0.3) is 11.3 Å². The van der Waals surface area contributed by atoms with Crippen molar-refractivity contribution in [1.82, 2.24) is 9.55 Å². The first-order valence-electron chi connectivity index (χ1n) is 4.41. The number of aromatic nitrogens is 2. The molecule has 1 heterocycles. The summed E-state index contributed by atoms with van der Waals surface area (Å²) in [6.45, 7) is 0. The van der Waals surface area contributed by atoms with Crippen molar-refractivity contribution in [3.63, 3.8) is 0 Å². The van der Waals surface area contributed by atoms with Crippen LogP contribution in [0.15, 0.2) is 30.3 Å². The van der Waals surface area contributed by atoms with E-state index in [4.69, 9.17) is 16.9 Å². The van der Waals surface area contributed by atoms with Gasteiger partial charge in [-0.3, -0.25) is 0 Å². The van der Waals surface area contributed by atoms with E-state index in [2.05, 4.69) is 4.98 Å². The molecule has 1 aromatic heterocycles. The van der Waals surface area contributed by atoms with E-state index >= 15 is 0 Å². The quantitative estimate of drug-likeness (QED) is 0.737. The molecule has 0 bridgehead atoms. The molecule has 0 saturated heterocycles. The van der Waals surface area contributed by atoms with Gasteiger partial charge in [0.15, 0.2) is 5.15 Å². The van der Waals surface area contributed by atoms with Crippen LogP contribution in [0.3, 0.4) is 0 Å². The van der Waals surface area contributed by atoms with Crippen molar-refractivity contribution in [3.05, 3.63) is 41.3 Å². The third-order valence-electron chi connectivity index (χ3n) is 2.20. The van der Waals surface area contributed by atoms with Crippen LogP contribution >= 0.6 is 11.6 Å². The smallest absolute Gasteiger partial charge is 0.214 e. The molecule has 1 aromatic carbocycles. The summed E-state index contributed by atoms with van der Waals surface area (Å²) in [5.74, 6) is 0.318. The van der Waals surface area contributed by atoms with Gasteiger partial charge in [0.2, 0.25) is 5.82 Å². The summed E-state index contributed by atoms with van der Waals surface area (Å²) in [5, 5.41) is 9.17. The van der Waals surface area contributed by atoms with Crippen molar-refractivity contribution in [2.75, 3.05) is 0 Å². The molecule has 0 radical (unpaired) electrons. The Hall–Kier alpha value is -1.79. The molecule has 0 fully saturated rings. The van der Waals surface area contributed by atoms with E-state index in [0.717, 1.165) is 11.3 Å². The molecule has 0 saturated carbocycles. The predicted molar refractivity (Wildman–Crippen MR) is 58.4 cm³/mol. The van der Waals surface area contributed by atoms with Gasteiger partial charge in [0.25, 0.3) is 0 Å². The summed E-state index contributed by atoms with van der Waals surface area (Å²) in [4.78, 5) is 3.97. The normalized spacial score (nSPS) is 9.93. The standard InChI is InChI=1S/C11H8ClN3/c1-15-9(7-13)14-11(12)10(15)8-5-3-2-4-6-8/h2-6H,1H3. The monoisotopic (exact) mass is 217 g/mol. The Labute approximate surface area is 92.6 Å². The van der Waals surface area contributed by atoms with Gasteiger partial charge in [-0.2, -0.15) is 5.26 Å². The largest absolute Gasteiger partial charge is 0.317 e. The summed E-state index contributed by atoms with van der Waals surface area (Å²) in [7, 11) is 1.78. The minimum atomic E-state index is 0.318. The fraction of sp³-hybridized carbons (Fsp3) is 0.0909. The summed E-state index contributed by atoms with van der Waals surface area (Å²) in [6, 6.07) is 11.6. The summed E-state index contributed by atoms with van der Waals surface area (Å²) < 4.78 is 1.69. The number of benzene rings is 1. The van der Waals surface area contributed by atoms with Crippen LogP contribution in [0.2, 0.25) is 5.15 Å². The fourth-order valence-electron chi connectivity index (χ4n) is 1.47. The van der Waals surface area contributed by atoms with E-state index in [1.165, 1.54) is 0 Å². The van der Waals surface area contributed by atoms with E-state index < -0.39 is 0 Å². The van der Waals surface area contributed by atoms with E-state index in [0.29, 0.717) is 11.0 Å². The Morgan fingerprint density at radius 3 is 2.53 bits per heavy atom. The molecule has 3 nitrogen and oxygen atoms in total. The first-order chi connectivity index (χ1) is 7.24. The zero-order valence-corrected chi connectivity index (χ0v) is 8.86. The van der Waals surface area contributed by atoms with E-state index in [1.54, 1.807) is 11.6 Å². The molecule has 4 heteroatoms. The van der Waals surface area contributed by atoms with E-state index in [1.807, 2.05) is 36.4 Å². The Bertz CT molecular complexity index is 523. The maximum absolute atomic E-state index is 8.81. The van der Waals surface area contributed by atoms with E-state index in [9.17, 15) is 0 Å². The molecule has 15 heavy (non-hydrogen) atoms. The lowest BCUT2D eigenvalue weighted by Crippen LogP contribution is -1.95. The molecular formula is C11H8ClN3. The Kier molecular flexibility index (Phi) is 2.44. The third-order valence-corrected chi connectivity index (χ3v) is 2.46. The molecule has 0 spiro atoms. The van der Waals surface area contributed by atoms with Crippen molar-refractivity contribution < 1.29 is 0 Å². The number of nitrogens with zero attached hydrogens (tertiary/aromatic N) is 3. The van der Waals surface area contributed by atoms with Crippen molar-refractivity contribution in [3.8, 4) is 17.3 Å². The van der Waals surface area contributed by atoms with Gasteiger partial charge in [0, 0.05) is 12.6 Å².